The molecule has 0 amide bonds. The summed E-state index contributed by atoms with van der Waals surface area (Å²) in [6.07, 6.45) is 2.13. The van der Waals surface area contributed by atoms with Crippen molar-refractivity contribution in [3.63, 3.8) is 0 Å². The van der Waals surface area contributed by atoms with Crippen LogP contribution in [0.5, 0.6) is 0 Å². The number of aromatic nitrogens is 2. The zero-order valence-electron chi connectivity index (χ0n) is 9.97. The number of carbonyl (C=O) groups is 1. The Kier molecular flexibility index (Phi) is 3.28. The zero-order valence-corrected chi connectivity index (χ0v) is 9.97. The van der Waals surface area contributed by atoms with Crippen molar-refractivity contribution < 1.29 is 4.79 Å². The van der Waals surface area contributed by atoms with Crippen LogP contribution in [0.25, 0.3) is 11.3 Å². The summed E-state index contributed by atoms with van der Waals surface area (Å²) in [5.74, 6) is 0.277. The molecule has 2 rings (SSSR count). The first-order chi connectivity index (χ1) is 8.22. The lowest BCUT2D eigenvalue weighted by Crippen LogP contribution is -2.05. The number of hydrogen-bond acceptors (Lipinski definition) is 3. The molecule has 0 spiro atoms. The maximum absolute atomic E-state index is 11.6. The van der Waals surface area contributed by atoms with Gasteiger partial charge in [-0.05, 0) is 12.5 Å². The third-order valence-corrected chi connectivity index (χ3v) is 2.59. The van der Waals surface area contributed by atoms with Crippen LogP contribution in [-0.2, 0) is 0 Å². The minimum atomic E-state index is -0.0258. The van der Waals surface area contributed by atoms with Gasteiger partial charge in [-0.3, -0.25) is 4.79 Å². The number of aryl methyl sites for hydroxylation is 1. The Morgan fingerprint density at radius 2 is 1.94 bits per heavy atom. The molecule has 1 aromatic carbocycles. The zero-order chi connectivity index (χ0) is 12.3. The average Bonchev–Trinajstić information content (AvgIpc) is 2.39. The Balaban J connectivity index is 2.50. The smallest absolute Gasteiger partial charge is 0.199 e. The lowest BCUT2D eigenvalue weighted by molar-refractivity contribution is 0.0978. The predicted octanol–water partition coefficient (Wildman–Crippen LogP) is 3.04. The van der Waals surface area contributed by atoms with E-state index in [1.54, 1.807) is 6.20 Å². The lowest BCUT2D eigenvalue weighted by atomic mass is 10.1. The highest BCUT2D eigenvalue weighted by Crippen LogP contribution is 2.20. The molecular weight excluding hydrogens is 212 g/mol. The molecule has 0 saturated heterocycles. The van der Waals surface area contributed by atoms with Crippen LogP contribution in [0.15, 0.2) is 36.5 Å². The SMILES string of the molecule is CCC(=O)c1ncc(C)c(-c2ccccc2)n1. The van der Waals surface area contributed by atoms with Crippen molar-refractivity contribution in [1.29, 1.82) is 0 Å². The molecule has 3 nitrogen and oxygen atoms in total. The fraction of sp³-hybridized carbons (Fsp3) is 0.214. The van der Waals surface area contributed by atoms with Crippen molar-refractivity contribution >= 4 is 5.78 Å². The molecule has 0 fully saturated rings. The van der Waals surface area contributed by atoms with E-state index in [1.807, 2.05) is 44.2 Å². The van der Waals surface area contributed by atoms with E-state index in [4.69, 9.17) is 0 Å². The lowest BCUT2D eigenvalue weighted by Gasteiger charge is -2.06. The summed E-state index contributed by atoms with van der Waals surface area (Å²) in [4.78, 5) is 20.0. The first-order valence-corrected chi connectivity index (χ1v) is 5.64. The Hall–Kier alpha value is -2.03. The number of Topliss-reactive ketones (excluding diaryl/α,β-unsaturated/α-hetero) is 1. The first-order valence-electron chi connectivity index (χ1n) is 5.64. The second kappa shape index (κ2) is 4.87. The molecule has 0 radical (unpaired) electrons. The molecule has 86 valence electrons. The summed E-state index contributed by atoms with van der Waals surface area (Å²) in [5.41, 5.74) is 2.82. The van der Waals surface area contributed by atoms with Gasteiger partial charge in [0.15, 0.2) is 11.6 Å². The Morgan fingerprint density at radius 3 is 2.59 bits per heavy atom. The molecule has 0 unspecified atom stereocenters. The number of nitrogens with zero attached hydrogens (tertiary/aromatic N) is 2. The summed E-state index contributed by atoms with van der Waals surface area (Å²) in [5, 5.41) is 0. The van der Waals surface area contributed by atoms with Crippen molar-refractivity contribution in [2.75, 3.05) is 0 Å². The number of hydrogen-bond donors (Lipinski definition) is 0. The van der Waals surface area contributed by atoms with Gasteiger partial charge in [-0.25, -0.2) is 9.97 Å². The van der Waals surface area contributed by atoms with Crippen LogP contribution in [0.1, 0.15) is 29.5 Å². The summed E-state index contributed by atoms with van der Waals surface area (Å²) in [7, 11) is 0. The number of carbonyl (C=O) groups excluding carboxylic acids is 1. The van der Waals surface area contributed by atoms with Crippen LogP contribution < -0.4 is 0 Å². The summed E-state index contributed by atoms with van der Waals surface area (Å²) in [6, 6.07) is 9.83. The molecular formula is C14H14N2O. The third kappa shape index (κ3) is 2.38. The van der Waals surface area contributed by atoms with Crippen LogP contribution >= 0.6 is 0 Å². The largest absolute Gasteiger partial charge is 0.291 e. The van der Waals surface area contributed by atoms with Gasteiger partial charge in [0.1, 0.15) is 0 Å². The highest BCUT2D eigenvalue weighted by atomic mass is 16.1. The molecule has 0 aliphatic carbocycles. The van der Waals surface area contributed by atoms with E-state index < -0.39 is 0 Å². The Morgan fingerprint density at radius 1 is 1.24 bits per heavy atom. The van der Waals surface area contributed by atoms with Gasteiger partial charge in [0, 0.05) is 18.2 Å². The molecule has 3 heteroatoms. The highest BCUT2D eigenvalue weighted by molar-refractivity contribution is 5.92. The van der Waals surface area contributed by atoms with E-state index in [1.165, 1.54) is 0 Å². The van der Waals surface area contributed by atoms with E-state index in [0.717, 1.165) is 16.8 Å². The van der Waals surface area contributed by atoms with Crippen molar-refractivity contribution in [2.24, 2.45) is 0 Å². The van der Waals surface area contributed by atoms with Gasteiger partial charge in [-0.2, -0.15) is 0 Å². The van der Waals surface area contributed by atoms with Crippen LogP contribution in [0.3, 0.4) is 0 Å². The van der Waals surface area contributed by atoms with E-state index in [0.29, 0.717) is 12.2 Å². The molecule has 0 N–H and O–H groups in total. The summed E-state index contributed by atoms with van der Waals surface area (Å²) in [6.45, 7) is 3.76. The van der Waals surface area contributed by atoms with Gasteiger partial charge in [-0.1, -0.05) is 37.3 Å². The summed E-state index contributed by atoms with van der Waals surface area (Å²) >= 11 is 0. The van der Waals surface area contributed by atoms with E-state index in [-0.39, 0.29) is 5.78 Å². The number of rotatable bonds is 3. The fourth-order valence-corrected chi connectivity index (χ4v) is 1.62. The molecule has 0 aliphatic rings. The molecule has 1 aromatic heterocycles. The molecule has 0 atom stereocenters. The van der Waals surface area contributed by atoms with Gasteiger partial charge >= 0.3 is 0 Å². The van der Waals surface area contributed by atoms with Crippen LogP contribution in [0.2, 0.25) is 0 Å². The minimum absolute atomic E-state index is 0.0258. The number of benzene rings is 1. The second-order valence-electron chi connectivity index (χ2n) is 3.87. The molecule has 17 heavy (non-hydrogen) atoms. The van der Waals surface area contributed by atoms with Crippen molar-refractivity contribution in [1.82, 2.24) is 9.97 Å². The van der Waals surface area contributed by atoms with Gasteiger partial charge in [0.2, 0.25) is 0 Å². The molecule has 1 heterocycles. The first kappa shape index (κ1) is 11.5. The molecule has 2 aromatic rings. The van der Waals surface area contributed by atoms with Crippen molar-refractivity contribution in [2.45, 2.75) is 20.3 Å². The van der Waals surface area contributed by atoms with Gasteiger partial charge in [0.25, 0.3) is 0 Å². The standard InChI is InChI=1S/C14H14N2O/c1-3-12(17)14-15-9-10(2)13(16-14)11-7-5-4-6-8-11/h4-9H,3H2,1-2H3. The normalized spacial score (nSPS) is 10.2. The maximum atomic E-state index is 11.6. The van der Waals surface area contributed by atoms with Crippen LogP contribution in [0, 0.1) is 6.92 Å². The maximum Gasteiger partial charge on any atom is 0.199 e. The van der Waals surface area contributed by atoms with E-state index in [2.05, 4.69) is 9.97 Å². The second-order valence-corrected chi connectivity index (χ2v) is 3.87. The molecule has 0 aliphatic heterocycles. The molecule has 0 saturated carbocycles. The van der Waals surface area contributed by atoms with Crippen LogP contribution in [-0.4, -0.2) is 15.8 Å². The topological polar surface area (TPSA) is 42.9 Å². The van der Waals surface area contributed by atoms with Gasteiger partial charge in [-0.15, -0.1) is 0 Å². The minimum Gasteiger partial charge on any atom is -0.291 e. The van der Waals surface area contributed by atoms with Gasteiger partial charge in [0.05, 0.1) is 5.69 Å². The monoisotopic (exact) mass is 226 g/mol. The van der Waals surface area contributed by atoms with E-state index >= 15 is 0 Å². The van der Waals surface area contributed by atoms with Gasteiger partial charge < -0.3 is 0 Å². The average molecular weight is 226 g/mol. The fourth-order valence-electron chi connectivity index (χ4n) is 1.62. The van der Waals surface area contributed by atoms with Crippen molar-refractivity contribution in [3.8, 4) is 11.3 Å². The quantitative estimate of drug-likeness (QED) is 0.755. The Bertz CT molecular complexity index is 535. The molecule has 0 bridgehead atoms. The Labute approximate surface area is 101 Å². The summed E-state index contributed by atoms with van der Waals surface area (Å²) < 4.78 is 0. The third-order valence-electron chi connectivity index (χ3n) is 2.59. The number of ketones is 1. The van der Waals surface area contributed by atoms with Crippen molar-refractivity contribution in [3.05, 3.63) is 47.9 Å². The predicted molar refractivity (Wildman–Crippen MR) is 66.8 cm³/mol. The highest BCUT2D eigenvalue weighted by Gasteiger charge is 2.10. The van der Waals surface area contributed by atoms with Crippen LogP contribution in [0.4, 0.5) is 0 Å². The van der Waals surface area contributed by atoms with E-state index in [9.17, 15) is 4.79 Å².